The number of ether oxygens (including phenoxy) is 1. The first-order chi connectivity index (χ1) is 8.65. The first-order valence-electron chi connectivity index (χ1n) is 6.00. The second kappa shape index (κ2) is 5.63. The number of fused-ring (bicyclic) bond motifs is 1. The van der Waals surface area contributed by atoms with Crippen LogP contribution in [0.4, 0.5) is 0 Å². The molecular weight excluding hydrogens is 242 g/mol. The summed E-state index contributed by atoms with van der Waals surface area (Å²) in [4.78, 5) is 2.19. The number of rotatable bonds is 4. The Bertz CT molecular complexity index is 539. The van der Waals surface area contributed by atoms with Gasteiger partial charge in [-0.15, -0.1) is 0 Å². The number of hydrogen-bond acceptors (Lipinski definition) is 3. The van der Waals surface area contributed by atoms with E-state index in [9.17, 15) is 0 Å². The summed E-state index contributed by atoms with van der Waals surface area (Å²) < 4.78 is 5.24. The molecule has 0 N–H and O–H groups in total. The van der Waals surface area contributed by atoms with Gasteiger partial charge in [0.05, 0.1) is 7.11 Å². The number of methoxy groups -OCH3 is 1. The van der Waals surface area contributed by atoms with Crippen molar-refractivity contribution in [3.8, 4) is 5.75 Å². The Hall–Kier alpha value is -1.19. The first kappa shape index (κ1) is 13.2. The molecular formula is C15H19NOS. The summed E-state index contributed by atoms with van der Waals surface area (Å²) in [6.07, 6.45) is 0. The highest BCUT2D eigenvalue weighted by atomic mass is 32.1. The lowest BCUT2D eigenvalue weighted by molar-refractivity contribution is 0.327. The molecule has 0 saturated heterocycles. The van der Waals surface area contributed by atoms with Crippen LogP contribution in [0.1, 0.15) is 11.6 Å². The number of thiol groups is 1. The van der Waals surface area contributed by atoms with Crippen molar-refractivity contribution in [3.05, 3.63) is 42.0 Å². The molecule has 0 saturated carbocycles. The zero-order valence-electron chi connectivity index (χ0n) is 11.1. The largest absolute Gasteiger partial charge is 0.497 e. The van der Waals surface area contributed by atoms with Gasteiger partial charge in [0, 0.05) is 11.8 Å². The molecule has 0 amide bonds. The highest BCUT2D eigenvalue weighted by Crippen LogP contribution is 2.26. The second-order valence-electron chi connectivity index (χ2n) is 4.63. The van der Waals surface area contributed by atoms with Gasteiger partial charge in [-0.2, -0.15) is 12.6 Å². The Kier molecular flexibility index (Phi) is 4.15. The molecule has 18 heavy (non-hydrogen) atoms. The van der Waals surface area contributed by atoms with E-state index in [1.807, 2.05) is 6.07 Å². The molecule has 2 aromatic rings. The standard InChI is InChI=1S/C15H19NOS/c1-16(2)15(10-18)13-5-4-12-9-14(17-3)7-6-11(12)8-13/h4-9,15,18H,10H2,1-3H3. The van der Waals surface area contributed by atoms with Crippen LogP contribution in [0.5, 0.6) is 5.75 Å². The minimum Gasteiger partial charge on any atom is -0.497 e. The Morgan fingerprint density at radius 3 is 2.39 bits per heavy atom. The van der Waals surface area contributed by atoms with Gasteiger partial charge in [-0.1, -0.05) is 18.2 Å². The Balaban J connectivity index is 2.44. The van der Waals surface area contributed by atoms with Gasteiger partial charge < -0.3 is 9.64 Å². The highest BCUT2D eigenvalue weighted by molar-refractivity contribution is 7.80. The van der Waals surface area contributed by atoms with Crippen molar-refractivity contribution in [1.82, 2.24) is 4.90 Å². The van der Waals surface area contributed by atoms with E-state index in [0.29, 0.717) is 6.04 Å². The normalized spacial score (nSPS) is 12.9. The van der Waals surface area contributed by atoms with Crippen LogP contribution in [0.2, 0.25) is 0 Å². The van der Waals surface area contributed by atoms with E-state index in [1.165, 1.54) is 16.3 Å². The molecule has 0 aliphatic heterocycles. The third-order valence-corrected chi connectivity index (χ3v) is 3.60. The maximum absolute atomic E-state index is 5.24. The highest BCUT2D eigenvalue weighted by Gasteiger charge is 2.12. The van der Waals surface area contributed by atoms with Crippen LogP contribution in [-0.4, -0.2) is 31.9 Å². The van der Waals surface area contributed by atoms with Crippen molar-refractivity contribution >= 4 is 23.4 Å². The summed E-state index contributed by atoms with van der Waals surface area (Å²) >= 11 is 4.43. The van der Waals surface area contributed by atoms with Crippen LogP contribution >= 0.6 is 12.6 Å². The molecule has 0 radical (unpaired) electrons. The summed E-state index contributed by atoms with van der Waals surface area (Å²) in [7, 11) is 5.86. The topological polar surface area (TPSA) is 12.5 Å². The Morgan fingerprint density at radius 1 is 1.11 bits per heavy atom. The lowest BCUT2D eigenvalue weighted by Gasteiger charge is -2.23. The molecule has 0 aromatic heterocycles. The minimum atomic E-state index is 0.347. The maximum atomic E-state index is 5.24. The molecule has 1 atom stereocenters. The van der Waals surface area contributed by atoms with E-state index < -0.39 is 0 Å². The lowest BCUT2D eigenvalue weighted by Crippen LogP contribution is -2.21. The van der Waals surface area contributed by atoms with Crippen LogP contribution in [0.3, 0.4) is 0 Å². The predicted molar refractivity (Wildman–Crippen MR) is 80.8 cm³/mol. The van der Waals surface area contributed by atoms with Crippen LogP contribution in [0.25, 0.3) is 10.8 Å². The molecule has 2 nitrogen and oxygen atoms in total. The third kappa shape index (κ3) is 2.62. The zero-order chi connectivity index (χ0) is 13.1. The molecule has 0 spiro atoms. The molecule has 2 aromatic carbocycles. The summed E-state index contributed by atoms with van der Waals surface area (Å²) in [5.41, 5.74) is 1.30. The molecule has 2 rings (SSSR count). The molecule has 0 bridgehead atoms. The van der Waals surface area contributed by atoms with E-state index in [0.717, 1.165) is 11.5 Å². The maximum Gasteiger partial charge on any atom is 0.119 e. The molecule has 0 aliphatic rings. The fraction of sp³-hybridized carbons (Fsp3) is 0.333. The van der Waals surface area contributed by atoms with Gasteiger partial charge in [-0.05, 0) is 48.6 Å². The van der Waals surface area contributed by atoms with Crippen molar-refractivity contribution < 1.29 is 4.74 Å². The summed E-state index contributed by atoms with van der Waals surface area (Å²) in [6, 6.07) is 13.1. The monoisotopic (exact) mass is 261 g/mol. The molecule has 0 aliphatic carbocycles. The Morgan fingerprint density at radius 2 is 1.78 bits per heavy atom. The molecule has 3 heteroatoms. The summed E-state index contributed by atoms with van der Waals surface area (Å²) in [6.45, 7) is 0. The van der Waals surface area contributed by atoms with Gasteiger partial charge in [-0.3, -0.25) is 0 Å². The van der Waals surface area contributed by atoms with Crippen molar-refractivity contribution in [2.24, 2.45) is 0 Å². The van der Waals surface area contributed by atoms with Crippen molar-refractivity contribution in [1.29, 1.82) is 0 Å². The van der Waals surface area contributed by atoms with Crippen molar-refractivity contribution in [3.63, 3.8) is 0 Å². The van der Waals surface area contributed by atoms with Crippen LogP contribution in [-0.2, 0) is 0 Å². The number of hydrogen-bond donors (Lipinski definition) is 1. The number of nitrogens with zero attached hydrogens (tertiary/aromatic N) is 1. The van der Waals surface area contributed by atoms with Gasteiger partial charge in [0.15, 0.2) is 0 Å². The Labute approximate surface area is 114 Å². The predicted octanol–water partition coefficient (Wildman–Crippen LogP) is 3.38. The van der Waals surface area contributed by atoms with E-state index >= 15 is 0 Å². The third-order valence-electron chi connectivity index (χ3n) is 3.25. The molecule has 96 valence electrons. The zero-order valence-corrected chi connectivity index (χ0v) is 11.9. The van der Waals surface area contributed by atoms with Crippen LogP contribution in [0, 0.1) is 0 Å². The number of benzene rings is 2. The summed E-state index contributed by atoms with van der Waals surface area (Å²) in [5, 5.41) is 2.44. The first-order valence-corrected chi connectivity index (χ1v) is 6.64. The van der Waals surface area contributed by atoms with Gasteiger partial charge in [0.2, 0.25) is 0 Å². The molecule has 0 heterocycles. The quantitative estimate of drug-likeness (QED) is 0.847. The van der Waals surface area contributed by atoms with Crippen molar-refractivity contribution in [2.75, 3.05) is 27.0 Å². The average molecular weight is 261 g/mol. The second-order valence-corrected chi connectivity index (χ2v) is 5.00. The van der Waals surface area contributed by atoms with Crippen LogP contribution in [0.15, 0.2) is 36.4 Å². The SMILES string of the molecule is COc1ccc2cc(C(CS)N(C)C)ccc2c1. The van der Waals surface area contributed by atoms with Crippen molar-refractivity contribution in [2.45, 2.75) is 6.04 Å². The average Bonchev–Trinajstić information content (AvgIpc) is 2.38. The van der Waals surface area contributed by atoms with E-state index in [4.69, 9.17) is 4.74 Å². The van der Waals surface area contributed by atoms with E-state index in [2.05, 4.69) is 62.0 Å². The van der Waals surface area contributed by atoms with Gasteiger partial charge in [0.25, 0.3) is 0 Å². The fourth-order valence-corrected chi connectivity index (χ4v) is 2.68. The smallest absolute Gasteiger partial charge is 0.119 e. The van der Waals surface area contributed by atoms with Gasteiger partial charge in [0.1, 0.15) is 5.75 Å². The van der Waals surface area contributed by atoms with Gasteiger partial charge >= 0.3 is 0 Å². The van der Waals surface area contributed by atoms with Crippen LogP contribution < -0.4 is 4.74 Å². The fourth-order valence-electron chi connectivity index (χ4n) is 2.14. The van der Waals surface area contributed by atoms with Gasteiger partial charge in [-0.25, -0.2) is 0 Å². The minimum absolute atomic E-state index is 0.347. The summed E-state index contributed by atoms with van der Waals surface area (Å²) in [5.74, 6) is 1.71. The van der Waals surface area contributed by atoms with E-state index in [1.54, 1.807) is 7.11 Å². The molecule has 0 fully saturated rings. The lowest BCUT2D eigenvalue weighted by atomic mass is 10.0. The van der Waals surface area contributed by atoms with E-state index in [-0.39, 0.29) is 0 Å². The molecule has 1 unspecified atom stereocenters.